The molecule has 0 unspecified atom stereocenters. The number of nitrogens with zero attached hydrogens (tertiary/aromatic N) is 5. The number of fused-ring (bicyclic) bond motifs is 1. The summed E-state index contributed by atoms with van der Waals surface area (Å²) >= 11 is 0. The van der Waals surface area contributed by atoms with Crippen LogP contribution in [0.4, 0.5) is 5.69 Å². The SMILES string of the molecule is Cc1ccc(S(=O)(=O)N2CN(C(C)(C)C)[C@@H](c3cn(S(=O)(=O)c4ccc(C)cc4)nn3)c3ccccc32)cc1. The van der Waals surface area contributed by atoms with E-state index in [2.05, 4.69) is 10.3 Å². The zero-order valence-electron chi connectivity index (χ0n) is 22.5. The summed E-state index contributed by atoms with van der Waals surface area (Å²) in [7, 11) is -7.85. The number of para-hydroxylation sites is 1. The van der Waals surface area contributed by atoms with E-state index >= 15 is 0 Å². The molecule has 2 heterocycles. The molecular formula is C28H31N5O4S2. The Labute approximate surface area is 229 Å². The number of benzene rings is 3. The number of aryl methyl sites for hydroxylation is 2. The molecule has 0 fully saturated rings. The Morgan fingerprint density at radius 3 is 1.87 bits per heavy atom. The van der Waals surface area contributed by atoms with E-state index in [0.717, 1.165) is 15.2 Å². The highest BCUT2D eigenvalue weighted by Crippen LogP contribution is 2.44. The second-order valence-electron chi connectivity index (χ2n) is 10.7. The highest BCUT2D eigenvalue weighted by molar-refractivity contribution is 7.92. The maximum absolute atomic E-state index is 13.9. The lowest BCUT2D eigenvalue weighted by Crippen LogP contribution is -2.54. The number of hydrogen-bond acceptors (Lipinski definition) is 7. The lowest BCUT2D eigenvalue weighted by atomic mass is 9.93. The molecule has 39 heavy (non-hydrogen) atoms. The minimum Gasteiger partial charge on any atom is -0.267 e. The van der Waals surface area contributed by atoms with Crippen LogP contribution < -0.4 is 4.31 Å². The number of rotatable bonds is 5. The molecule has 1 aliphatic rings. The van der Waals surface area contributed by atoms with Gasteiger partial charge in [0, 0.05) is 5.54 Å². The topological polar surface area (TPSA) is 105 Å². The Kier molecular flexibility index (Phi) is 6.64. The van der Waals surface area contributed by atoms with Crippen LogP contribution in [0.1, 0.15) is 49.2 Å². The molecule has 0 radical (unpaired) electrons. The number of anilines is 1. The molecule has 0 saturated heterocycles. The van der Waals surface area contributed by atoms with Gasteiger partial charge in [0.25, 0.3) is 20.0 Å². The monoisotopic (exact) mass is 565 g/mol. The number of hydrogen-bond donors (Lipinski definition) is 0. The Bertz CT molecular complexity index is 1720. The molecule has 204 valence electrons. The van der Waals surface area contributed by atoms with Crippen molar-refractivity contribution in [2.75, 3.05) is 11.0 Å². The predicted molar refractivity (Wildman–Crippen MR) is 149 cm³/mol. The normalized spacial score (nSPS) is 16.7. The van der Waals surface area contributed by atoms with Crippen molar-refractivity contribution in [3.05, 3.63) is 101 Å². The Morgan fingerprint density at radius 1 is 0.769 bits per heavy atom. The molecule has 1 aliphatic heterocycles. The molecule has 0 amide bonds. The Hall–Kier alpha value is -3.54. The molecule has 4 aromatic rings. The third kappa shape index (κ3) is 4.86. The fourth-order valence-electron chi connectivity index (χ4n) is 4.69. The van der Waals surface area contributed by atoms with Crippen molar-refractivity contribution in [2.45, 2.75) is 56.0 Å². The lowest BCUT2D eigenvalue weighted by molar-refractivity contribution is 0.0969. The molecule has 0 bridgehead atoms. The van der Waals surface area contributed by atoms with Gasteiger partial charge in [-0.2, -0.15) is 8.42 Å². The van der Waals surface area contributed by atoms with E-state index < -0.39 is 31.6 Å². The van der Waals surface area contributed by atoms with Crippen molar-refractivity contribution >= 4 is 25.7 Å². The molecule has 1 aromatic heterocycles. The molecule has 0 aliphatic carbocycles. The van der Waals surface area contributed by atoms with Gasteiger partial charge in [-0.15, -0.1) is 9.19 Å². The average molecular weight is 566 g/mol. The zero-order valence-corrected chi connectivity index (χ0v) is 24.1. The molecular weight excluding hydrogens is 534 g/mol. The summed E-state index contributed by atoms with van der Waals surface area (Å²) < 4.78 is 56.6. The second-order valence-corrected chi connectivity index (χ2v) is 14.4. The zero-order chi connectivity index (χ0) is 28.2. The molecule has 3 aromatic carbocycles. The number of sulfonamides is 1. The van der Waals surface area contributed by atoms with Crippen LogP contribution in [0.2, 0.25) is 0 Å². The van der Waals surface area contributed by atoms with Crippen molar-refractivity contribution in [3.63, 3.8) is 0 Å². The van der Waals surface area contributed by atoms with Gasteiger partial charge in [-0.3, -0.25) is 9.21 Å². The van der Waals surface area contributed by atoms with Crippen LogP contribution in [0.3, 0.4) is 0 Å². The average Bonchev–Trinajstić information content (AvgIpc) is 3.38. The van der Waals surface area contributed by atoms with Gasteiger partial charge in [-0.05, 0) is 70.5 Å². The van der Waals surface area contributed by atoms with Crippen LogP contribution in [-0.2, 0) is 20.0 Å². The summed E-state index contributed by atoms with van der Waals surface area (Å²) in [6.07, 6.45) is 1.42. The third-order valence-electron chi connectivity index (χ3n) is 6.90. The summed E-state index contributed by atoms with van der Waals surface area (Å²) in [5.74, 6) is 0. The molecule has 0 spiro atoms. The van der Waals surface area contributed by atoms with Crippen LogP contribution in [0, 0.1) is 13.8 Å². The van der Waals surface area contributed by atoms with Gasteiger partial charge < -0.3 is 0 Å². The summed E-state index contributed by atoms with van der Waals surface area (Å²) in [4.78, 5) is 2.30. The number of aromatic nitrogens is 3. The minimum atomic E-state index is -3.96. The van der Waals surface area contributed by atoms with Crippen LogP contribution in [0.25, 0.3) is 0 Å². The van der Waals surface area contributed by atoms with E-state index in [1.165, 1.54) is 22.6 Å². The summed E-state index contributed by atoms with van der Waals surface area (Å²) in [6, 6.07) is 20.0. The highest BCUT2D eigenvalue weighted by Gasteiger charge is 2.43. The molecule has 9 nitrogen and oxygen atoms in total. The standard InChI is InChI=1S/C28H31N5O4S2/c1-20-10-14-22(15-11-20)38(34,35)32-19-31(28(3,4)5)27(24-8-6-7-9-26(24)32)25-18-33(30-29-25)39(36,37)23-16-12-21(2)13-17-23/h6-18,27H,19H2,1-5H3/t27-/m1/s1. The molecule has 11 heteroatoms. The molecule has 5 rings (SSSR count). The summed E-state index contributed by atoms with van der Waals surface area (Å²) in [5, 5.41) is 8.29. The predicted octanol–water partition coefficient (Wildman–Crippen LogP) is 4.49. The van der Waals surface area contributed by atoms with E-state index in [1.54, 1.807) is 48.5 Å². The first kappa shape index (κ1) is 27.0. The van der Waals surface area contributed by atoms with Crippen LogP contribution in [0.15, 0.2) is 88.8 Å². The van der Waals surface area contributed by atoms with Crippen LogP contribution in [0.5, 0.6) is 0 Å². The quantitative estimate of drug-likeness (QED) is 0.351. The largest absolute Gasteiger partial charge is 0.284 e. The van der Waals surface area contributed by atoms with Gasteiger partial charge in [0.15, 0.2) is 0 Å². The smallest absolute Gasteiger partial charge is 0.267 e. The fraction of sp³-hybridized carbons (Fsp3) is 0.286. The van der Waals surface area contributed by atoms with Crippen LogP contribution >= 0.6 is 0 Å². The van der Waals surface area contributed by atoms with E-state index in [-0.39, 0.29) is 16.5 Å². The van der Waals surface area contributed by atoms with Crippen molar-refractivity contribution in [3.8, 4) is 0 Å². The first-order chi connectivity index (χ1) is 18.3. The van der Waals surface area contributed by atoms with Crippen LogP contribution in [-0.4, -0.2) is 48.3 Å². The van der Waals surface area contributed by atoms with Gasteiger partial charge in [0.2, 0.25) is 0 Å². The van der Waals surface area contributed by atoms with E-state index in [1.807, 2.05) is 51.7 Å². The van der Waals surface area contributed by atoms with Gasteiger partial charge in [-0.1, -0.05) is 58.8 Å². The van der Waals surface area contributed by atoms with Crippen molar-refractivity contribution in [1.29, 1.82) is 0 Å². The fourth-order valence-corrected chi connectivity index (χ4v) is 7.20. The van der Waals surface area contributed by atoms with E-state index in [9.17, 15) is 16.8 Å². The minimum absolute atomic E-state index is 0.0406. The molecule has 1 atom stereocenters. The lowest BCUT2D eigenvalue weighted by Gasteiger charge is -2.48. The molecule has 0 N–H and O–H groups in total. The summed E-state index contributed by atoms with van der Waals surface area (Å²) in [6.45, 7) is 9.78. The van der Waals surface area contributed by atoms with Gasteiger partial charge in [0.1, 0.15) is 5.69 Å². The first-order valence-corrected chi connectivity index (χ1v) is 15.4. The highest BCUT2D eigenvalue weighted by atomic mass is 32.2. The maximum Gasteiger partial charge on any atom is 0.284 e. The third-order valence-corrected chi connectivity index (χ3v) is 10.2. The van der Waals surface area contributed by atoms with E-state index in [0.29, 0.717) is 16.9 Å². The van der Waals surface area contributed by atoms with E-state index in [4.69, 9.17) is 0 Å². The maximum atomic E-state index is 13.9. The second kappa shape index (κ2) is 9.58. The van der Waals surface area contributed by atoms with Gasteiger partial charge in [-0.25, -0.2) is 8.42 Å². The Balaban J connectivity index is 1.63. The first-order valence-electron chi connectivity index (χ1n) is 12.5. The van der Waals surface area contributed by atoms with Gasteiger partial charge >= 0.3 is 0 Å². The Morgan fingerprint density at radius 2 is 1.31 bits per heavy atom. The van der Waals surface area contributed by atoms with Crippen molar-refractivity contribution < 1.29 is 16.8 Å². The summed E-state index contributed by atoms with van der Waals surface area (Å²) in [5.41, 5.74) is 3.00. The van der Waals surface area contributed by atoms with Crippen molar-refractivity contribution in [2.24, 2.45) is 0 Å². The van der Waals surface area contributed by atoms with Gasteiger partial charge in [0.05, 0.1) is 34.4 Å². The van der Waals surface area contributed by atoms with Crippen molar-refractivity contribution in [1.82, 2.24) is 19.3 Å². The molecule has 0 saturated carbocycles.